The van der Waals surface area contributed by atoms with Gasteiger partial charge in [-0.25, -0.2) is 0 Å². The average Bonchev–Trinajstić information content (AvgIpc) is 2.67. The summed E-state index contributed by atoms with van der Waals surface area (Å²) in [4.78, 5) is 0. The molecular formula is C22H20O3. The number of aryl methyl sites for hydroxylation is 1. The minimum atomic E-state index is -0.691. The van der Waals surface area contributed by atoms with Crippen LogP contribution in [0.2, 0.25) is 0 Å². The number of hydrogen-bond donors (Lipinski definition) is 2. The lowest BCUT2D eigenvalue weighted by Crippen LogP contribution is -2.21. The Morgan fingerprint density at radius 1 is 0.880 bits per heavy atom. The maximum Gasteiger partial charge on any atom is 0.197 e. The molecule has 126 valence electrons. The highest BCUT2D eigenvalue weighted by Crippen LogP contribution is 2.33. The van der Waals surface area contributed by atoms with Crippen LogP contribution in [0.3, 0.4) is 0 Å². The lowest BCUT2D eigenvalue weighted by atomic mass is 9.95. The number of hydrogen-bond acceptors (Lipinski definition) is 3. The molecule has 0 radical (unpaired) electrons. The standard InChI is InChI=1S/C22H20O3/c23-14-19-3-1-2-4-20(19)16-7-5-15(6-8-16)17-9-11-21-18(13-17)10-12-22(24)25-21/h1-9,11,13,22-24H,10,12,14H2. The van der Waals surface area contributed by atoms with Crippen molar-refractivity contribution in [2.75, 3.05) is 0 Å². The molecule has 3 nitrogen and oxygen atoms in total. The fraction of sp³-hybridized carbons (Fsp3) is 0.182. The van der Waals surface area contributed by atoms with E-state index in [1.54, 1.807) is 0 Å². The zero-order valence-corrected chi connectivity index (χ0v) is 13.9. The number of benzene rings is 3. The quantitative estimate of drug-likeness (QED) is 0.757. The van der Waals surface area contributed by atoms with Crippen molar-refractivity contribution in [2.24, 2.45) is 0 Å². The molecule has 1 atom stereocenters. The average molecular weight is 332 g/mol. The third kappa shape index (κ3) is 3.16. The van der Waals surface area contributed by atoms with Gasteiger partial charge in [0.1, 0.15) is 5.75 Å². The third-order valence-electron chi connectivity index (χ3n) is 4.70. The number of fused-ring (bicyclic) bond motifs is 1. The predicted molar refractivity (Wildman–Crippen MR) is 98.2 cm³/mol. The largest absolute Gasteiger partial charge is 0.465 e. The van der Waals surface area contributed by atoms with Crippen molar-refractivity contribution in [2.45, 2.75) is 25.7 Å². The van der Waals surface area contributed by atoms with Gasteiger partial charge in [0.15, 0.2) is 6.29 Å². The van der Waals surface area contributed by atoms with Gasteiger partial charge in [0.25, 0.3) is 0 Å². The molecule has 2 N–H and O–H groups in total. The highest BCUT2D eigenvalue weighted by Gasteiger charge is 2.17. The van der Waals surface area contributed by atoms with Gasteiger partial charge in [0.05, 0.1) is 6.61 Å². The lowest BCUT2D eigenvalue weighted by Gasteiger charge is -2.22. The molecule has 1 heterocycles. The van der Waals surface area contributed by atoms with Gasteiger partial charge in [0.2, 0.25) is 0 Å². The summed E-state index contributed by atoms with van der Waals surface area (Å²) in [6, 6.07) is 22.4. The molecule has 0 amide bonds. The third-order valence-corrected chi connectivity index (χ3v) is 4.70. The van der Waals surface area contributed by atoms with Crippen molar-refractivity contribution in [3.63, 3.8) is 0 Å². The Bertz CT molecular complexity index is 884. The van der Waals surface area contributed by atoms with Gasteiger partial charge < -0.3 is 14.9 Å². The van der Waals surface area contributed by atoms with Crippen molar-refractivity contribution in [3.8, 4) is 28.0 Å². The maximum atomic E-state index is 9.58. The summed E-state index contributed by atoms with van der Waals surface area (Å²) in [5.41, 5.74) is 6.50. The Morgan fingerprint density at radius 2 is 1.60 bits per heavy atom. The fourth-order valence-corrected chi connectivity index (χ4v) is 3.34. The molecule has 3 heteroatoms. The summed E-state index contributed by atoms with van der Waals surface area (Å²) in [6.45, 7) is 0.0363. The van der Waals surface area contributed by atoms with Crippen LogP contribution in [0.1, 0.15) is 17.5 Å². The van der Waals surface area contributed by atoms with Crippen LogP contribution >= 0.6 is 0 Å². The molecular weight excluding hydrogens is 312 g/mol. The number of aliphatic hydroxyl groups excluding tert-OH is 2. The van der Waals surface area contributed by atoms with E-state index in [1.807, 2.05) is 36.4 Å². The molecule has 3 aromatic rings. The molecule has 4 rings (SSSR count). The second kappa shape index (κ2) is 6.71. The highest BCUT2D eigenvalue weighted by molar-refractivity contribution is 5.73. The van der Waals surface area contributed by atoms with Crippen LogP contribution in [0, 0.1) is 0 Å². The second-order valence-electron chi connectivity index (χ2n) is 6.33. The van der Waals surface area contributed by atoms with Crippen LogP contribution in [-0.4, -0.2) is 16.5 Å². The summed E-state index contributed by atoms with van der Waals surface area (Å²) < 4.78 is 5.46. The van der Waals surface area contributed by atoms with Crippen LogP contribution in [-0.2, 0) is 13.0 Å². The van der Waals surface area contributed by atoms with E-state index in [-0.39, 0.29) is 6.61 Å². The highest BCUT2D eigenvalue weighted by atomic mass is 16.6. The Balaban J connectivity index is 1.65. The van der Waals surface area contributed by atoms with Gasteiger partial charge in [-0.1, -0.05) is 54.6 Å². The molecule has 1 aliphatic rings. The first-order valence-electron chi connectivity index (χ1n) is 8.52. The molecule has 0 aromatic heterocycles. The molecule has 25 heavy (non-hydrogen) atoms. The minimum Gasteiger partial charge on any atom is -0.465 e. The normalized spacial score (nSPS) is 16.2. The van der Waals surface area contributed by atoms with Crippen LogP contribution in [0.25, 0.3) is 22.3 Å². The summed E-state index contributed by atoms with van der Waals surface area (Å²) in [6.07, 6.45) is 0.767. The van der Waals surface area contributed by atoms with E-state index in [0.717, 1.165) is 45.6 Å². The zero-order valence-electron chi connectivity index (χ0n) is 13.9. The van der Waals surface area contributed by atoms with E-state index < -0.39 is 6.29 Å². The minimum absolute atomic E-state index is 0.0363. The zero-order chi connectivity index (χ0) is 17.2. The topological polar surface area (TPSA) is 49.7 Å². The summed E-state index contributed by atoms with van der Waals surface area (Å²) in [7, 11) is 0. The first kappa shape index (κ1) is 15.9. The van der Waals surface area contributed by atoms with Crippen LogP contribution in [0.5, 0.6) is 5.75 Å². The second-order valence-corrected chi connectivity index (χ2v) is 6.33. The van der Waals surface area contributed by atoms with Crippen molar-refractivity contribution in [1.82, 2.24) is 0 Å². The predicted octanol–water partition coefficient (Wildman–Crippen LogP) is 4.16. The molecule has 0 aliphatic carbocycles. The summed E-state index contributed by atoms with van der Waals surface area (Å²) >= 11 is 0. The van der Waals surface area contributed by atoms with Crippen molar-refractivity contribution >= 4 is 0 Å². The van der Waals surface area contributed by atoms with Gasteiger partial charge in [-0.15, -0.1) is 0 Å². The Hall–Kier alpha value is -2.62. The van der Waals surface area contributed by atoms with Gasteiger partial charge in [-0.3, -0.25) is 0 Å². The first-order valence-corrected chi connectivity index (χ1v) is 8.52. The Morgan fingerprint density at radius 3 is 2.40 bits per heavy atom. The molecule has 3 aromatic carbocycles. The Kier molecular flexibility index (Phi) is 4.26. The van der Waals surface area contributed by atoms with Gasteiger partial charge in [0, 0.05) is 6.42 Å². The van der Waals surface area contributed by atoms with Crippen molar-refractivity contribution < 1.29 is 14.9 Å². The van der Waals surface area contributed by atoms with E-state index in [4.69, 9.17) is 4.74 Å². The molecule has 0 spiro atoms. The van der Waals surface area contributed by atoms with E-state index in [0.29, 0.717) is 6.42 Å². The van der Waals surface area contributed by atoms with E-state index in [9.17, 15) is 10.2 Å². The van der Waals surface area contributed by atoms with E-state index in [2.05, 4.69) is 30.3 Å². The van der Waals surface area contributed by atoms with Crippen LogP contribution < -0.4 is 4.74 Å². The monoisotopic (exact) mass is 332 g/mol. The van der Waals surface area contributed by atoms with Crippen LogP contribution in [0.15, 0.2) is 66.7 Å². The molecule has 0 bridgehead atoms. The van der Waals surface area contributed by atoms with E-state index in [1.165, 1.54) is 0 Å². The van der Waals surface area contributed by atoms with Crippen molar-refractivity contribution in [1.29, 1.82) is 0 Å². The summed E-state index contributed by atoms with van der Waals surface area (Å²) in [5, 5.41) is 19.1. The van der Waals surface area contributed by atoms with Gasteiger partial charge in [-0.05, 0) is 51.9 Å². The van der Waals surface area contributed by atoms with E-state index >= 15 is 0 Å². The molecule has 0 saturated carbocycles. The maximum absolute atomic E-state index is 9.58. The Labute approximate surface area is 147 Å². The molecule has 0 fully saturated rings. The SMILES string of the molecule is OCc1ccccc1-c1ccc(-c2ccc3c(c2)CCC(O)O3)cc1. The van der Waals surface area contributed by atoms with Gasteiger partial charge in [-0.2, -0.15) is 0 Å². The van der Waals surface area contributed by atoms with Crippen molar-refractivity contribution in [3.05, 3.63) is 77.9 Å². The summed E-state index contributed by atoms with van der Waals surface area (Å²) in [5.74, 6) is 0.774. The lowest BCUT2D eigenvalue weighted by molar-refractivity contribution is -0.0316. The molecule has 1 aliphatic heterocycles. The molecule has 1 unspecified atom stereocenters. The van der Waals surface area contributed by atoms with Gasteiger partial charge >= 0.3 is 0 Å². The fourth-order valence-electron chi connectivity index (χ4n) is 3.34. The number of rotatable bonds is 3. The molecule has 0 saturated heterocycles. The van der Waals surface area contributed by atoms with Crippen LogP contribution in [0.4, 0.5) is 0 Å². The number of ether oxygens (including phenoxy) is 1. The smallest absolute Gasteiger partial charge is 0.197 e. The number of aliphatic hydroxyl groups is 2. The first-order chi connectivity index (χ1) is 12.2.